The fourth-order valence-electron chi connectivity index (χ4n) is 1.23. The molecule has 1 aromatic carbocycles. The third-order valence-corrected chi connectivity index (χ3v) is 2.26. The van der Waals surface area contributed by atoms with Crippen molar-refractivity contribution in [2.24, 2.45) is 0 Å². The zero-order chi connectivity index (χ0) is 11.3. The second kappa shape index (κ2) is 5.71. The van der Waals surface area contributed by atoms with E-state index in [9.17, 15) is 9.18 Å². The number of benzene rings is 1. The first-order valence-corrected chi connectivity index (χ1v) is 5.27. The van der Waals surface area contributed by atoms with Gasteiger partial charge in [-0.3, -0.25) is 4.79 Å². The Balaban J connectivity index is 2.57. The van der Waals surface area contributed by atoms with Crippen LogP contribution in [0.3, 0.4) is 0 Å². The smallest absolute Gasteiger partial charge is 0.221 e. The van der Waals surface area contributed by atoms with Gasteiger partial charge in [0.2, 0.25) is 5.91 Å². The molecule has 82 valence electrons. The van der Waals surface area contributed by atoms with Gasteiger partial charge in [0.05, 0.1) is 6.04 Å². The van der Waals surface area contributed by atoms with Crippen LogP contribution in [0.2, 0.25) is 0 Å². The van der Waals surface area contributed by atoms with Gasteiger partial charge in [0.25, 0.3) is 0 Å². The highest BCUT2D eigenvalue weighted by atomic mass is 35.5. The maximum absolute atomic E-state index is 12.6. The van der Waals surface area contributed by atoms with E-state index in [-0.39, 0.29) is 17.8 Å². The van der Waals surface area contributed by atoms with Gasteiger partial charge in [-0.2, -0.15) is 0 Å². The summed E-state index contributed by atoms with van der Waals surface area (Å²) >= 11 is 5.44. The molecule has 2 nitrogen and oxygen atoms in total. The van der Waals surface area contributed by atoms with Crippen LogP contribution in [0.15, 0.2) is 24.3 Å². The number of hydrogen-bond donors (Lipinski definition) is 1. The molecule has 1 amide bonds. The summed E-state index contributed by atoms with van der Waals surface area (Å²) in [6.07, 6.45) is 0.299. The Labute approximate surface area is 93.4 Å². The number of halogens is 2. The van der Waals surface area contributed by atoms with E-state index in [4.69, 9.17) is 11.6 Å². The minimum absolute atomic E-state index is 0.0955. The zero-order valence-electron chi connectivity index (χ0n) is 8.47. The van der Waals surface area contributed by atoms with Crippen LogP contribution in [-0.2, 0) is 4.79 Å². The van der Waals surface area contributed by atoms with Crippen LogP contribution in [0.4, 0.5) is 4.39 Å². The van der Waals surface area contributed by atoms with Crippen LogP contribution in [0.25, 0.3) is 0 Å². The molecule has 0 aliphatic carbocycles. The molecule has 0 aliphatic heterocycles. The second-order valence-corrected chi connectivity index (χ2v) is 3.66. The van der Waals surface area contributed by atoms with Crippen molar-refractivity contribution in [1.82, 2.24) is 5.32 Å². The van der Waals surface area contributed by atoms with Crippen molar-refractivity contribution < 1.29 is 9.18 Å². The molecule has 0 bridgehead atoms. The lowest BCUT2D eigenvalue weighted by atomic mass is 10.1. The van der Waals surface area contributed by atoms with Gasteiger partial charge in [0.15, 0.2) is 0 Å². The van der Waals surface area contributed by atoms with Gasteiger partial charge in [0, 0.05) is 12.3 Å². The van der Waals surface area contributed by atoms with Gasteiger partial charge in [-0.1, -0.05) is 12.1 Å². The molecule has 0 radical (unpaired) electrons. The van der Waals surface area contributed by atoms with Gasteiger partial charge < -0.3 is 5.32 Å². The lowest BCUT2D eigenvalue weighted by molar-refractivity contribution is -0.121. The molecule has 0 fully saturated rings. The minimum Gasteiger partial charge on any atom is -0.350 e. The average molecular weight is 230 g/mol. The summed E-state index contributed by atoms with van der Waals surface area (Å²) in [6.45, 7) is 1.85. The first-order valence-electron chi connectivity index (χ1n) is 4.74. The largest absolute Gasteiger partial charge is 0.350 e. The van der Waals surface area contributed by atoms with E-state index in [1.165, 1.54) is 12.1 Å². The molecule has 0 heterocycles. The second-order valence-electron chi connectivity index (χ2n) is 3.28. The topological polar surface area (TPSA) is 29.1 Å². The van der Waals surface area contributed by atoms with Crippen LogP contribution in [-0.4, -0.2) is 11.8 Å². The quantitative estimate of drug-likeness (QED) is 0.791. The number of rotatable bonds is 4. The summed E-state index contributed by atoms with van der Waals surface area (Å²) in [7, 11) is 0. The van der Waals surface area contributed by atoms with E-state index in [0.717, 1.165) is 5.56 Å². The SMILES string of the molecule is C[C@H](NC(=O)CCCl)c1ccc(F)cc1. The molecule has 0 aromatic heterocycles. The number of amides is 1. The minimum atomic E-state index is -0.280. The standard InChI is InChI=1S/C11H13ClFNO/c1-8(14-11(15)6-7-12)9-2-4-10(13)5-3-9/h2-5,8H,6-7H2,1H3,(H,14,15)/t8-/m0/s1. The van der Waals surface area contributed by atoms with Gasteiger partial charge in [-0.25, -0.2) is 4.39 Å². The summed E-state index contributed by atoms with van der Waals surface area (Å²) in [4.78, 5) is 11.2. The number of nitrogens with one attached hydrogen (secondary N) is 1. The highest BCUT2D eigenvalue weighted by Gasteiger charge is 2.08. The third-order valence-electron chi connectivity index (χ3n) is 2.07. The Morgan fingerprint density at radius 2 is 2.07 bits per heavy atom. The molecule has 0 saturated carbocycles. The molecular formula is C11H13ClFNO. The third kappa shape index (κ3) is 3.88. The molecule has 4 heteroatoms. The van der Waals surface area contributed by atoms with Gasteiger partial charge in [0.1, 0.15) is 5.82 Å². The van der Waals surface area contributed by atoms with Crippen LogP contribution < -0.4 is 5.32 Å². The van der Waals surface area contributed by atoms with Crippen molar-refractivity contribution in [3.8, 4) is 0 Å². The van der Waals surface area contributed by atoms with Crippen molar-refractivity contribution in [3.05, 3.63) is 35.6 Å². The molecule has 0 unspecified atom stereocenters. The van der Waals surface area contributed by atoms with Crippen LogP contribution >= 0.6 is 11.6 Å². The fourth-order valence-corrected chi connectivity index (χ4v) is 1.41. The summed E-state index contributed by atoms with van der Waals surface area (Å²) in [5.74, 6) is -0.0676. The van der Waals surface area contributed by atoms with Gasteiger partial charge in [-0.05, 0) is 24.6 Å². The predicted octanol–water partition coefficient (Wildman–Crippen LogP) is 2.63. The number of hydrogen-bond acceptors (Lipinski definition) is 1. The predicted molar refractivity (Wildman–Crippen MR) is 58.3 cm³/mol. The summed E-state index contributed by atoms with van der Waals surface area (Å²) < 4.78 is 12.6. The normalized spacial score (nSPS) is 12.2. The molecule has 1 N–H and O–H groups in total. The van der Waals surface area contributed by atoms with E-state index in [0.29, 0.717) is 12.3 Å². The van der Waals surface area contributed by atoms with Crippen molar-refractivity contribution in [2.75, 3.05) is 5.88 Å². The number of carbonyl (C=O) groups excluding carboxylic acids is 1. The Morgan fingerprint density at radius 3 is 2.60 bits per heavy atom. The van der Waals surface area contributed by atoms with Crippen LogP contribution in [0.5, 0.6) is 0 Å². The first-order chi connectivity index (χ1) is 7.13. The van der Waals surface area contributed by atoms with Crippen molar-refractivity contribution >= 4 is 17.5 Å². The van der Waals surface area contributed by atoms with Crippen molar-refractivity contribution in [2.45, 2.75) is 19.4 Å². The Bertz CT molecular complexity index is 326. The maximum atomic E-state index is 12.6. The van der Waals surface area contributed by atoms with Gasteiger partial charge >= 0.3 is 0 Å². The molecule has 1 atom stereocenters. The maximum Gasteiger partial charge on any atom is 0.221 e. The van der Waals surface area contributed by atoms with Crippen LogP contribution in [0, 0.1) is 5.82 Å². The van der Waals surface area contributed by atoms with Crippen molar-refractivity contribution in [3.63, 3.8) is 0 Å². The lowest BCUT2D eigenvalue weighted by Crippen LogP contribution is -2.26. The number of carbonyl (C=O) groups is 1. The van der Waals surface area contributed by atoms with E-state index < -0.39 is 0 Å². The lowest BCUT2D eigenvalue weighted by Gasteiger charge is -2.13. The zero-order valence-corrected chi connectivity index (χ0v) is 9.22. The van der Waals surface area contributed by atoms with E-state index in [2.05, 4.69) is 5.32 Å². The Kier molecular flexibility index (Phi) is 4.56. The monoisotopic (exact) mass is 229 g/mol. The molecule has 1 rings (SSSR count). The molecular weight excluding hydrogens is 217 g/mol. The first kappa shape index (κ1) is 12.0. The molecule has 0 spiro atoms. The number of alkyl halides is 1. The average Bonchev–Trinajstić information content (AvgIpc) is 2.18. The molecule has 1 aromatic rings. The Hall–Kier alpha value is -1.09. The highest BCUT2D eigenvalue weighted by molar-refractivity contribution is 6.18. The summed E-state index contributed by atoms with van der Waals surface area (Å²) in [5, 5.41) is 2.77. The van der Waals surface area contributed by atoms with E-state index in [1.807, 2.05) is 6.92 Å². The molecule has 15 heavy (non-hydrogen) atoms. The summed E-state index contributed by atoms with van der Waals surface area (Å²) in [6, 6.07) is 5.93. The van der Waals surface area contributed by atoms with E-state index >= 15 is 0 Å². The van der Waals surface area contributed by atoms with E-state index in [1.54, 1.807) is 12.1 Å². The van der Waals surface area contributed by atoms with Gasteiger partial charge in [-0.15, -0.1) is 11.6 Å². The molecule has 0 aliphatic rings. The van der Waals surface area contributed by atoms with Crippen LogP contribution in [0.1, 0.15) is 24.9 Å². The molecule has 0 saturated heterocycles. The fraction of sp³-hybridized carbons (Fsp3) is 0.364. The van der Waals surface area contributed by atoms with Crippen molar-refractivity contribution in [1.29, 1.82) is 0 Å². The highest BCUT2D eigenvalue weighted by Crippen LogP contribution is 2.12. The summed E-state index contributed by atoms with van der Waals surface area (Å²) in [5.41, 5.74) is 0.874. The Morgan fingerprint density at radius 1 is 1.47 bits per heavy atom.